The lowest BCUT2D eigenvalue weighted by Crippen LogP contribution is -1.85. The molecule has 0 bridgehead atoms. The van der Waals surface area contributed by atoms with Crippen molar-refractivity contribution in [2.45, 2.75) is 0 Å². The van der Waals surface area contributed by atoms with E-state index in [4.69, 9.17) is 5.26 Å². The van der Waals surface area contributed by atoms with E-state index in [0.29, 0.717) is 5.56 Å². The Labute approximate surface area is 89.4 Å². The molecule has 2 nitrogen and oxygen atoms in total. The topological polar surface area (TPSA) is 36.7 Å². The van der Waals surface area contributed by atoms with Crippen LogP contribution in [0.3, 0.4) is 0 Å². The Kier molecular flexibility index (Phi) is 2.15. The van der Waals surface area contributed by atoms with Crippen LogP contribution in [-0.2, 0) is 0 Å². The minimum atomic E-state index is 0.635. The van der Waals surface area contributed by atoms with Crippen LogP contribution in [0.15, 0.2) is 30.5 Å². The van der Waals surface area contributed by atoms with Crippen LogP contribution < -0.4 is 0 Å². The summed E-state index contributed by atoms with van der Waals surface area (Å²) in [7, 11) is 0. The third kappa shape index (κ3) is 1.38. The summed E-state index contributed by atoms with van der Waals surface area (Å²) in [5, 5.41) is 9.88. The van der Waals surface area contributed by atoms with Crippen molar-refractivity contribution >= 4 is 33.5 Å². The van der Waals surface area contributed by atoms with Crippen molar-refractivity contribution in [3.63, 3.8) is 0 Å². The third-order valence-electron chi connectivity index (χ3n) is 1.84. The largest absolute Gasteiger partial charge is 0.255 e. The first kappa shape index (κ1) is 8.45. The highest BCUT2D eigenvalue weighted by Gasteiger charge is 2.03. The van der Waals surface area contributed by atoms with E-state index in [1.807, 2.05) is 18.2 Å². The molecule has 0 aliphatic heterocycles. The van der Waals surface area contributed by atoms with Gasteiger partial charge in [-0.05, 0) is 40.8 Å². The SMILES string of the molecule is N#Cc1ccc(I)c2cccnc12. The second-order valence-electron chi connectivity index (χ2n) is 2.61. The lowest BCUT2D eigenvalue weighted by Gasteiger charge is -2.00. The summed E-state index contributed by atoms with van der Waals surface area (Å²) in [4.78, 5) is 4.19. The molecule has 3 heteroatoms. The minimum absolute atomic E-state index is 0.635. The van der Waals surface area contributed by atoms with Crippen LogP contribution in [0.5, 0.6) is 0 Å². The molecule has 13 heavy (non-hydrogen) atoms. The summed E-state index contributed by atoms with van der Waals surface area (Å²) in [6, 6.07) is 9.73. The molecule has 0 saturated carbocycles. The van der Waals surface area contributed by atoms with E-state index in [2.05, 4.69) is 33.6 Å². The molecular formula is C10H5IN2. The number of halogens is 1. The van der Waals surface area contributed by atoms with Gasteiger partial charge in [-0.2, -0.15) is 5.26 Å². The van der Waals surface area contributed by atoms with Crippen molar-refractivity contribution in [1.29, 1.82) is 5.26 Å². The van der Waals surface area contributed by atoms with Crippen LogP contribution >= 0.6 is 22.6 Å². The van der Waals surface area contributed by atoms with Gasteiger partial charge in [-0.15, -0.1) is 0 Å². The maximum absolute atomic E-state index is 8.83. The van der Waals surface area contributed by atoms with Crippen molar-refractivity contribution in [2.75, 3.05) is 0 Å². The van der Waals surface area contributed by atoms with E-state index in [9.17, 15) is 0 Å². The average molecular weight is 280 g/mol. The highest BCUT2D eigenvalue weighted by atomic mass is 127. The number of fused-ring (bicyclic) bond motifs is 1. The molecule has 0 unspecified atom stereocenters. The van der Waals surface area contributed by atoms with Crippen molar-refractivity contribution in [3.05, 3.63) is 39.6 Å². The number of hydrogen-bond acceptors (Lipinski definition) is 2. The first-order valence-electron chi connectivity index (χ1n) is 3.76. The molecule has 0 amide bonds. The molecule has 1 aromatic heterocycles. The number of rotatable bonds is 0. The molecule has 1 aromatic carbocycles. The Morgan fingerprint density at radius 3 is 2.92 bits per heavy atom. The zero-order valence-electron chi connectivity index (χ0n) is 6.66. The summed E-state index contributed by atoms with van der Waals surface area (Å²) in [6.45, 7) is 0. The van der Waals surface area contributed by atoms with Crippen molar-refractivity contribution in [2.24, 2.45) is 0 Å². The predicted molar refractivity (Wildman–Crippen MR) is 59.2 cm³/mol. The molecule has 1 heterocycles. The van der Waals surface area contributed by atoms with Gasteiger partial charge in [0.1, 0.15) is 6.07 Å². The van der Waals surface area contributed by atoms with Crippen LogP contribution in [0.4, 0.5) is 0 Å². The molecule has 0 aliphatic carbocycles. The molecule has 62 valence electrons. The molecule has 0 fully saturated rings. The average Bonchev–Trinajstić information content (AvgIpc) is 2.19. The van der Waals surface area contributed by atoms with Crippen LogP contribution in [0.2, 0.25) is 0 Å². The van der Waals surface area contributed by atoms with Gasteiger partial charge in [0.05, 0.1) is 11.1 Å². The number of benzene rings is 1. The van der Waals surface area contributed by atoms with Crippen LogP contribution in [-0.4, -0.2) is 4.98 Å². The van der Waals surface area contributed by atoms with E-state index in [1.54, 1.807) is 12.3 Å². The molecule has 0 atom stereocenters. The minimum Gasteiger partial charge on any atom is -0.255 e. The van der Waals surface area contributed by atoms with Gasteiger partial charge in [0.2, 0.25) is 0 Å². The van der Waals surface area contributed by atoms with Gasteiger partial charge in [-0.3, -0.25) is 4.98 Å². The van der Waals surface area contributed by atoms with E-state index < -0.39 is 0 Å². The zero-order chi connectivity index (χ0) is 9.26. The Morgan fingerprint density at radius 2 is 2.15 bits per heavy atom. The fourth-order valence-corrected chi connectivity index (χ4v) is 1.84. The second-order valence-corrected chi connectivity index (χ2v) is 3.77. The summed E-state index contributed by atoms with van der Waals surface area (Å²) in [6.07, 6.45) is 1.71. The van der Waals surface area contributed by atoms with Crippen LogP contribution in [0.1, 0.15) is 5.56 Å². The standard InChI is InChI=1S/C10H5IN2/c11-9-4-3-7(6-12)10-8(9)2-1-5-13-10/h1-5H. The first-order valence-corrected chi connectivity index (χ1v) is 4.84. The van der Waals surface area contributed by atoms with Gasteiger partial charge in [-0.25, -0.2) is 0 Å². The number of nitrogens with zero attached hydrogens (tertiary/aromatic N) is 2. The summed E-state index contributed by atoms with van der Waals surface area (Å²) in [5.74, 6) is 0. The number of aromatic nitrogens is 1. The second kappa shape index (κ2) is 3.30. The number of nitriles is 1. The molecule has 0 radical (unpaired) electrons. The fraction of sp³-hybridized carbons (Fsp3) is 0. The lowest BCUT2D eigenvalue weighted by atomic mass is 10.1. The van der Waals surface area contributed by atoms with Gasteiger partial charge in [0.25, 0.3) is 0 Å². The van der Waals surface area contributed by atoms with E-state index >= 15 is 0 Å². The van der Waals surface area contributed by atoms with Gasteiger partial charge in [0, 0.05) is 15.2 Å². The van der Waals surface area contributed by atoms with Gasteiger partial charge in [0.15, 0.2) is 0 Å². The maximum atomic E-state index is 8.83. The summed E-state index contributed by atoms with van der Waals surface area (Å²) >= 11 is 2.24. The van der Waals surface area contributed by atoms with Crippen molar-refractivity contribution in [1.82, 2.24) is 4.98 Å². The molecule has 2 aromatic rings. The van der Waals surface area contributed by atoms with E-state index in [0.717, 1.165) is 14.5 Å². The number of pyridine rings is 1. The Morgan fingerprint density at radius 1 is 1.31 bits per heavy atom. The first-order chi connectivity index (χ1) is 6.33. The molecule has 0 spiro atoms. The zero-order valence-corrected chi connectivity index (χ0v) is 8.82. The van der Waals surface area contributed by atoms with Gasteiger partial charge in [-0.1, -0.05) is 6.07 Å². The predicted octanol–water partition coefficient (Wildman–Crippen LogP) is 2.71. The normalized spacial score (nSPS) is 9.85. The van der Waals surface area contributed by atoms with E-state index in [1.165, 1.54) is 0 Å². The third-order valence-corrected chi connectivity index (χ3v) is 2.78. The van der Waals surface area contributed by atoms with Crippen LogP contribution in [0.25, 0.3) is 10.9 Å². The smallest absolute Gasteiger partial charge is 0.101 e. The number of hydrogen-bond donors (Lipinski definition) is 0. The Hall–Kier alpha value is -1.15. The highest BCUT2D eigenvalue weighted by molar-refractivity contribution is 14.1. The monoisotopic (exact) mass is 280 g/mol. The molecule has 0 aliphatic rings. The van der Waals surface area contributed by atoms with Crippen LogP contribution in [0, 0.1) is 14.9 Å². The summed E-state index contributed by atoms with van der Waals surface area (Å²) < 4.78 is 1.12. The molecular weight excluding hydrogens is 275 g/mol. The van der Waals surface area contributed by atoms with Crippen molar-refractivity contribution < 1.29 is 0 Å². The molecule has 0 saturated heterocycles. The molecule has 0 N–H and O–H groups in total. The van der Waals surface area contributed by atoms with E-state index in [-0.39, 0.29) is 0 Å². The van der Waals surface area contributed by atoms with Gasteiger partial charge < -0.3 is 0 Å². The Bertz CT molecular complexity index is 500. The molecule has 2 rings (SSSR count). The Balaban J connectivity index is 2.95. The fourth-order valence-electron chi connectivity index (χ4n) is 1.23. The van der Waals surface area contributed by atoms with Crippen molar-refractivity contribution in [3.8, 4) is 6.07 Å². The maximum Gasteiger partial charge on any atom is 0.101 e. The lowest BCUT2D eigenvalue weighted by molar-refractivity contribution is 1.38. The van der Waals surface area contributed by atoms with Gasteiger partial charge >= 0.3 is 0 Å². The highest BCUT2D eigenvalue weighted by Crippen LogP contribution is 2.21. The summed E-state index contributed by atoms with van der Waals surface area (Å²) in [5.41, 5.74) is 1.42. The quantitative estimate of drug-likeness (QED) is 0.696.